The van der Waals surface area contributed by atoms with Crippen LogP contribution in [-0.4, -0.2) is 31.9 Å². The Morgan fingerprint density at radius 2 is 2.05 bits per heavy atom. The van der Waals surface area contributed by atoms with E-state index in [2.05, 4.69) is 15.3 Å². The number of hydrogen-bond acceptors (Lipinski definition) is 5. The van der Waals surface area contributed by atoms with E-state index >= 15 is 0 Å². The van der Waals surface area contributed by atoms with Gasteiger partial charge in [0.2, 0.25) is 5.91 Å². The Labute approximate surface area is 116 Å². The molecular formula is C12H10N4O5. The molecule has 0 radical (unpaired) electrons. The van der Waals surface area contributed by atoms with Crippen LogP contribution in [0.5, 0.6) is 0 Å². The lowest BCUT2D eigenvalue weighted by atomic mass is 10.2. The van der Waals surface area contributed by atoms with Gasteiger partial charge in [0.25, 0.3) is 5.56 Å². The number of carboxylic acids is 1. The summed E-state index contributed by atoms with van der Waals surface area (Å²) in [5.74, 6) is -1.80. The van der Waals surface area contributed by atoms with Crippen molar-refractivity contribution in [2.75, 3.05) is 5.32 Å². The monoisotopic (exact) mass is 290 g/mol. The molecule has 0 unspecified atom stereocenters. The van der Waals surface area contributed by atoms with Crippen LogP contribution in [0.1, 0.15) is 16.1 Å². The van der Waals surface area contributed by atoms with E-state index in [0.29, 0.717) is 0 Å². The molecule has 0 saturated carbocycles. The van der Waals surface area contributed by atoms with E-state index in [0.717, 1.165) is 6.07 Å². The van der Waals surface area contributed by atoms with Crippen molar-refractivity contribution in [3.63, 3.8) is 0 Å². The Morgan fingerprint density at radius 1 is 1.29 bits per heavy atom. The summed E-state index contributed by atoms with van der Waals surface area (Å²) in [6.45, 7) is 0. The third kappa shape index (κ3) is 3.62. The fourth-order valence-electron chi connectivity index (χ4n) is 1.66. The van der Waals surface area contributed by atoms with Crippen molar-refractivity contribution in [2.24, 2.45) is 0 Å². The summed E-state index contributed by atoms with van der Waals surface area (Å²) in [7, 11) is 0. The summed E-state index contributed by atoms with van der Waals surface area (Å²) in [5.41, 5.74) is -1.32. The van der Waals surface area contributed by atoms with Crippen LogP contribution in [0, 0.1) is 0 Å². The number of hydrogen-bond donors (Lipinski definition) is 4. The first-order valence-electron chi connectivity index (χ1n) is 5.75. The highest BCUT2D eigenvalue weighted by atomic mass is 16.4. The molecular weight excluding hydrogens is 280 g/mol. The lowest BCUT2D eigenvalue weighted by molar-refractivity contribution is -0.115. The number of rotatable bonds is 4. The van der Waals surface area contributed by atoms with E-state index in [4.69, 9.17) is 5.11 Å². The topological polar surface area (TPSA) is 145 Å². The van der Waals surface area contributed by atoms with Gasteiger partial charge in [0.1, 0.15) is 0 Å². The fraction of sp³-hybridized carbons (Fsp3) is 0.0833. The summed E-state index contributed by atoms with van der Waals surface area (Å²) in [5, 5.41) is 11.3. The average Bonchev–Trinajstić information content (AvgIpc) is 2.37. The quantitative estimate of drug-likeness (QED) is 0.588. The minimum Gasteiger partial charge on any atom is -0.478 e. The van der Waals surface area contributed by atoms with Gasteiger partial charge in [-0.05, 0) is 6.07 Å². The molecule has 9 nitrogen and oxygen atoms in total. The highest BCUT2D eigenvalue weighted by Gasteiger charge is 2.13. The number of carboxylic acid groups (broad SMARTS) is 1. The zero-order chi connectivity index (χ0) is 15.4. The SMILES string of the molecule is O=C(Cc1cc(=O)[nH]c(=O)[nH]1)Nc1cnccc1C(=O)O. The standard InChI is InChI=1S/C12H10N4O5/c17-9(3-6-4-10(18)16-12(21)14-6)15-8-5-13-2-1-7(8)11(19)20/h1-2,4-5H,3H2,(H,15,17)(H,19,20)(H2,14,16,18,21). The van der Waals surface area contributed by atoms with Crippen LogP contribution in [0.4, 0.5) is 5.69 Å². The summed E-state index contributed by atoms with van der Waals surface area (Å²) < 4.78 is 0. The van der Waals surface area contributed by atoms with E-state index < -0.39 is 23.1 Å². The van der Waals surface area contributed by atoms with Gasteiger partial charge in [0.15, 0.2) is 0 Å². The molecule has 0 aliphatic carbocycles. The van der Waals surface area contributed by atoms with Gasteiger partial charge in [-0.1, -0.05) is 0 Å². The van der Waals surface area contributed by atoms with Crippen LogP contribution < -0.4 is 16.6 Å². The van der Waals surface area contributed by atoms with Crippen molar-refractivity contribution in [3.05, 3.63) is 56.6 Å². The minimum atomic E-state index is -1.21. The zero-order valence-electron chi connectivity index (χ0n) is 10.5. The summed E-state index contributed by atoms with van der Waals surface area (Å²) in [6, 6.07) is 2.31. The van der Waals surface area contributed by atoms with Gasteiger partial charge in [-0.25, -0.2) is 9.59 Å². The fourth-order valence-corrected chi connectivity index (χ4v) is 1.66. The number of anilines is 1. The van der Waals surface area contributed by atoms with E-state index in [1.807, 2.05) is 4.98 Å². The number of carbonyl (C=O) groups excluding carboxylic acids is 1. The molecule has 2 aromatic heterocycles. The van der Waals surface area contributed by atoms with Gasteiger partial charge in [-0.3, -0.25) is 19.6 Å². The van der Waals surface area contributed by atoms with Crippen LogP contribution >= 0.6 is 0 Å². The Morgan fingerprint density at radius 3 is 2.71 bits per heavy atom. The first kappa shape index (κ1) is 14.2. The van der Waals surface area contributed by atoms with Crippen molar-refractivity contribution in [1.82, 2.24) is 15.0 Å². The van der Waals surface area contributed by atoms with Crippen LogP contribution in [0.3, 0.4) is 0 Å². The van der Waals surface area contributed by atoms with Crippen molar-refractivity contribution in [3.8, 4) is 0 Å². The molecule has 4 N–H and O–H groups in total. The summed E-state index contributed by atoms with van der Waals surface area (Å²) >= 11 is 0. The minimum absolute atomic E-state index is 0.0298. The molecule has 2 aromatic rings. The molecule has 21 heavy (non-hydrogen) atoms. The number of aromatic carboxylic acids is 1. The zero-order valence-corrected chi connectivity index (χ0v) is 10.5. The molecule has 0 saturated heterocycles. The maximum atomic E-state index is 11.8. The molecule has 0 bridgehead atoms. The number of H-pyrrole nitrogens is 2. The number of carbonyl (C=O) groups is 2. The first-order chi connectivity index (χ1) is 9.95. The van der Waals surface area contributed by atoms with Crippen molar-refractivity contribution < 1.29 is 14.7 Å². The third-order valence-electron chi connectivity index (χ3n) is 2.49. The van der Waals surface area contributed by atoms with Gasteiger partial charge in [0.05, 0.1) is 23.9 Å². The van der Waals surface area contributed by atoms with E-state index in [1.54, 1.807) is 0 Å². The Bertz CT molecular complexity index is 779. The van der Waals surface area contributed by atoms with Gasteiger partial charge in [0, 0.05) is 18.0 Å². The molecule has 1 amide bonds. The first-order valence-corrected chi connectivity index (χ1v) is 5.75. The highest BCUT2D eigenvalue weighted by molar-refractivity contribution is 6.00. The van der Waals surface area contributed by atoms with Crippen LogP contribution in [0.2, 0.25) is 0 Å². The predicted octanol–water partition coefficient (Wildman–Crippen LogP) is -0.662. The Hall–Kier alpha value is -3.23. The number of nitrogens with zero attached hydrogens (tertiary/aromatic N) is 1. The molecule has 0 atom stereocenters. The molecule has 2 rings (SSSR count). The van der Waals surface area contributed by atoms with Crippen molar-refractivity contribution in [1.29, 1.82) is 0 Å². The van der Waals surface area contributed by atoms with Gasteiger partial charge >= 0.3 is 11.7 Å². The number of pyridine rings is 1. The summed E-state index contributed by atoms with van der Waals surface area (Å²) in [6.07, 6.45) is 2.20. The molecule has 0 aromatic carbocycles. The van der Waals surface area contributed by atoms with Gasteiger partial charge in [-0.2, -0.15) is 0 Å². The molecule has 2 heterocycles. The van der Waals surface area contributed by atoms with Crippen LogP contribution in [0.15, 0.2) is 34.1 Å². The Balaban J connectivity index is 2.17. The molecule has 108 valence electrons. The average molecular weight is 290 g/mol. The van der Waals surface area contributed by atoms with Crippen LogP contribution in [0.25, 0.3) is 0 Å². The van der Waals surface area contributed by atoms with Crippen molar-refractivity contribution in [2.45, 2.75) is 6.42 Å². The second kappa shape index (κ2) is 5.82. The van der Waals surface area contributed by atoms with Gasteiger partial charge < -0.3 is 15.4 Å². The lowest BCUT2D eigenvalue weighted by Crippen LogP contribution is -2.25. The summed E-state index contributed by atoms with van der Waals surface area (Å²) in [4.78, 5) is 53.0. The number of amides is 1. The Kier molecular flexibility index (Phi) is 3.93. The van der Waals surface area contributed by atoms with Gasteiger partial charge in [-0.15, -0.1) is 0 Å². The van der Waals surface area contributed by atoms with E-state index in [1.165, 1.54) is 18.5 Å². The van der Waals surface area contributed by atoms with E-state index in [9.17, 15) is 19.2 Å². The van der Waals surface area contributed by atoms with E-state index in [-0.39, 0.29) is 23.4 Å². The normalized spacial score (nSPS) is 10.1. The molecule has 9 heteroatoms. The molecule has 0 aliphatic heterocycles. The number of aromatic amines is 2. The van der Waals surface area contributed by atoms with Crippen LogP contribution in [-0.2, 0) is 11.2 Å². The second-order valence-electron chi connectivity index (χ2n) is 4.06. The predicted molar refractivity (Wildman–Crippen MR) is 71.2 cm³/mol. The molecule has 0 spiro atoms. The lowest BCUT2D eigenvalue weighted by Gasteiger charge is -2.07. The number of nitrogens with one attached hydrogen (secondary N) is 3. The van der Waals surface area contributed by atoms with Crippen molar-refractivity contribution >= 4 is 17.6 Å². The highest BCUT2D eigenvalue weighted by Crippen LogP contribution is 2.13. The number of aromatic nitrogens is 3. The second-order valence-corrected chi connectivity index (χ2v) is 4.06. The third-order valence-corrected chi connectivity index (χ3v) is 2.49. The molecule has 0 fully saturated rings. The smallest absolute Gasteiger partial charge is 0.337 e. The maximum absolute atomic E-state index is 11.8. The maximum Gasteiger partial charge on any atom is 0.337 e. The largest absolute Gasteiger partial charge is 0.478 e. The molecule has 0 aliphatic rings.